The van der Waals surface area contributed by atoms with Gasteiger partial charge in [-0.3, -0.25) is 0 Å². The molecule has 0 fully saturated rings. The molecule has 0 spiro atoms. The molecule has 1 heterocycles. The van der Waals surface area contributed by atoms with Crippen molar-refractivity contribution in [2.75, 3.05) is 6.54 Å². The van der Waals surface area contributed by atoms with Gasteiger partial charge in [0.05, 0.1) is 0 Å². The molecule has 1 aromatic heterocycles. The summed E-state index contributed by atoms with van der Waals surface area (Å²) >= 11 is 5.20. The second-order valence-electron chi connectivity index (χ2n) is 3.88. The fraction of sp³-hybridized carbons (Fsp3) is 0.333. The van der Waals surface area contributed by atoms with Crippen LogP contribution in [0.25, 0.3) is 10.6 Å². The number of nitrogens with zero attached hydrogens (tertiary/aromatic N) is 2. The van der Waals surface area contributed by atoms with Gasteiger partial charge in [-0.2, -0.15) is 0 Å². The highest BCUT2D eigenvalue weighted by molar-refractivity contribution is 9.10. The van der Waals surface area contributed by atoms with Crippen LogP contribution >= 0.6 is 27.3 Å². The standard InChI is InChI=1S/C12H14BrN3S/c1-8-4-5-9(10(13)7-8)12-16-15-11(17-12)3-2-6-14/h4-5,7H,2-3,6,14H2,1H3. The molecule has 90 valence electrons. The van der Waals surface area contributed by atoms with E-state index in [4.69, 9.17) is 5.73 Å². The van der Waals surface area contributed by atoms with Crippen LogP contribution in [0, 0.1) is 6.92 Å². The van der Waals surface area contributed by atoms with Gasteiger partial charge in [-0.1, -0.05) is 39.4 Å². The van der Waals surface area contributed by atoms with Gasteiger partial charge >= 0.3 is 0 Å². The summed E-state index contributed by atoms with van der Waals surface area (Å²) in [7, 11) is 0. The minimum absolute atomic E-state index is 0.698. The molecule has 0 radical (unpaired) electrons. The zero-order valence-corrected chi connectivity index (χ0v) is 12.0. The Morgan fingerprint density at radius 3 is 2.88 bits per heavy atom. The number of hydrogen-bond acceptors (Lipinski definition) is 4. The van der Waals surface area contributed by atoms with Gasteiger partial charge < -0.3 is 5.73 Å². The fourth-order valence-corrected chi connectivity index (χ4v) is 3.24. The topological polar surface area (TPSA) is 51.8 Å². The summed E-state index contributed by atoms with van der Waals surface area (Å²) in [6.07, 6.45) is 1.88. The van der Waals surface area contributed by atoms with Gasteiger partial charge in [-0.15, -0.1) is 10.2 Å². The summed E-state index contributed by atoms with van der Waals surface area (Å²) < 4.78 is 1.07. The molecular formula is C12H14BrN3S. The number of rotatable bonds is 4. The van der Waals surface area contributed by atoms with Crippen LogP contribution in [0.1, 0.15) is 17.0 Å². The highest BCUT2D eigenvalue weighted by atomic mass is 79.9. The van der Waals surface area contributed by atoms with Crippen molar-refractivity contribution in [1.82, 2.24) is 10.2 Å². The van der Waals surface area contributed by atoms with E-state index < -0.39 is 0 Å². The van der Waals surface area contributed by atoms with Crippen molar-refractivity contribution in [3.63, 3.8) is 0 Å². The van der Waals surface area contributed by atoms with Gasteiger partial charge in [0, 0.05) is 16.5 Å². The van der Waals surface area contributed by atoms with Gasteiger partial charge in [-0.25, -0.2) is 0 Å². The maximum atomic E-state index is 5.48. The number of halogens is 1. The van der Waals surface area contributed by atoms with Crippen LogP contribution < -0.4 is 5.73 Å². The molecule has 0 aliphatic heterocycles. The largest absolute Gasteiger partial charge is 0.330 e. The van der Waals surface area contributed by atoms with Crippen molar-refractivity contribution >= 4 is 27.3 Å². The third-order valence-corrected chi connectivity index (χ3v) is 4.09. The normalized spacial score (nSPS) is 10.8. The minimum atomic E-state index is 0.698. The highest BCUT2D eigenvalue weighted by Crippen LogP contribution is 2.31. The lowest BCUT2D eigenvalue weighted by molar-refractivity contribution is 0.812. The van der Waals surface area contributed by atoms with Gasteiger partial charge in [0.2, 0.25) is 0 Å². The zero-order valence-electron chi connectivity index (χ0n) is 9.61. The second-order valence-corrected chi connectivity index (χ2v) is 5.79. The molecule has 0 atom stereocenters. The van der Waals surface area contributed by atoms with Crippen LogP contribution in [-0.2, 0) is 6.42 Å². The molecule has 0 aliphatic rings. The lowest BCUT2D eigenvalue weighted by atomic mass is 10.2. The zero-order chi connectivity index (χ0) is 12.3. The molecule has 5 heteroatoms. The Labute approximate surface area is 113 Å². The molecule has 1 aromatic carbocycles. The van der Waals surface area contributed by atoms with E-state index in [9.17, 15) is 0 Å². The molecule has 3 nitrogen and oxygen atoms in total. The molecule has 2 aromatic rings. The Morgan fingerprint density at radius 2 is 2.18 bits per heavy atom. The van der Waals surface area contributed by atoms with E-state index in [2.05, 4.69) is 51.3 Å². The van der Waals surface area contributed by atoms with Gasteiger partial charge in [-0.05, 0) is 31.5 Å². The molecule has 17 heavy (non-hydrogen) atoms. The quantitative estimate of drug-likeness (QED) is 0.943. The average molecular weight is 312 g/mol. The first-order valence-electron chi connectivity index (χ1n) is 5.49. The van der Waals surface area contributed by atoms with E-state index in [1.165, 1.54) is 5.56 Å². The molecule has 0 aliphatic carbocycles. The predicted molar refractivity (Wildman–Crippen MR) is 75.2 cm³/mol. The highest BCUT2D eigenvalue weighted by Gasteiger charge is 2.09. The van der Waals surface area contributed by atoms with Crippen molar-refractivity contribution in [3.05, 3.63) is 33.2 Å². The van der Waals surface area contributed by atoms with E-state index in [0.717, 1.165) is 32.9 Å². The summed E-state index contributed by atoms with van der Waals surface area (Å²) in [5, 5.41) is 10.4. The predicted octanol–water partition coefficient (Wildman–Crippen LogP) is 3.17. The monoisotopic (exact) mass is 311 g/mol. The molecule has 0 saturated heterocycles. The maximum absolute atomic E-state index is 5.48. The number of aromatic nitrogens is 2. The first-order valence-corrected chi connectivity index (χ1v) is 7.10. The summed E-state index contributed by atoms with van der Waals surface area (Å²) in [6.45, 7) is 2.77. The van der Waals surface area contributed by atoms with Crippen molar-refractivity contribution in [2.24, 2.45) is 5.73 Å². The van der Waals surface area contributed by atoms with Crippen LogP contribution in [0.4, 0.5) is 0 Å². The molecule has 0 amide bonds. The second kappa shape index (κ2) is 5.71. The maximum Gasteiger partial charge on any atom is 0.148 e. The minimum Gasteiger partial charge on any atom is -0.330 e. The SMILES string of the molecule is Cc1ccc(-c2nnc(CCCN)s2)c(Br)c1. The van der Waals surface area contributed by atoms with E-state index in [0.29, 0.717) is 6.54 Å². The fourth-order valence-electron chi connectivity index (χ4n) is 1.51. The van der Waals surface area contributed by atoms with Crippen LogP contribution in [0.2, 0.25) is 0 Å². The summed E-state index contributed by atoms with van der Waals surface area (Å²) in [5.41, 5.74) is 7.82. The average Bonchev–Trinajstić information content (AvgIpc) is 2.75. The Bertz CT molecular complexity index is 510. The Balaban J connectivity index is 2.24. The van der Waals surface area contributed by atoms with E-state index in [1.54, 1.807) is 11.3 Å². The van der Waals surface area contributed by atoms with E-state index >= 15 is 0 Å². The molecule has 2 N–H and O–H groups in total. The number of nitrogens with two attached hydrogens (primary N) is 1. The lowest BCUT2D eigenvalue weighted by Crippen LogP contribution is -1.99. The summed E-state index contributed by atoms with van der Waals surface area (Å²) in [6, 6.07) is 6.25. The van der Waals surface area contributed by atoms with Crippen LogP contribution in [0.3, 0.4) is 0 Å². The third kappa shape index (κ3) is 3.12. The molecule has 0 bridgehead atoms. The smallest absolute Gasteiger partial charge is 0.148 e. The van der Waals surface area contributed by atoms with Gasteiger partial charge in [0.1, 0.15) is 10.0 Å². The van der Waals surface area contributed by atoms with Crippen LogP contribution in [-0.4, -0.2) is 16.7 Å². The van der Waals surface area contributed by atoms with Crippen molar-refractivity contribution in [2.45, 2.75) is 19.8 Å². The van der Waals surface area contributed by atoms with E-state index in [-0.39, 0.29) is 0 Å². The first kappa shape index (κ1) is 12.7. The summed E-state index contributed by atoms with van der Waals surface area (Å²) in [4.78, 5) is 0. The van der Waals surface area contributed by atoms with Crippen molar-refractivity contribution < 1.29 is 0 Å². The summed E-state index contributed by atoms with van der Waals surface area (Å²) in [5.74, 6) is 0. The van der Waals surface area contributed by atoms with Gasteiger partial charge in [0.15, 0.2) is 0 Å². The number of hydrogen-bond donors (Lipinski definition) is 1. The van der Waals surface area contributed by atoms with Crippen molar-refractivity contribution in [3.8, 4) is 10.6 Å². The van der Waals surface area contributed by atoms with Gasteiger partial charge in [0.25, 0.3) is 0 Å². The van der Waals surface area contributed by atoms with Crippen LogP contribution in [0.15, 0.2) is 22.7 Å². The number of aryl methyl sites for hydroxylation is 2. The number of benzene rings is 1. The van der Waals surface area contributed by atoms with Crippen molar-refractivity contribution in [1.29, 1.82) is 0 Å². The Kier molecular flexibility index (Phi) is 4.25. The van der Waals surface area contributed by atoms with E-state index in [1.807, 2.05) is 0 Å². The third-order valence-electron chi connectivity index (χ3n) is 2.42. The molecule has 2 rings (SSSR count). The molecule has 0 unspecified atom stereocenters. The lowest BCUT2D eigenvalue weighted by Gasteiger charge is -2.00. The molecular weight excluding hydrogens is 298 g/mol. The van der Waals surface area contributed by atoms with Crippen LogP contribution in [0.5, 0.6) is 0 Å². The Morgan fingerprint density at radius 1 is 1.35 bits per heavy atom. The Hall–Kier alpha value is -0.780. The molecule has 0 saturated carbocycles. The first-order chi connectivity index (χ1) is 8.20.